The van der Waals surface area contributed by atoms with Gasteiger partial charge in [-0.3, -0.25) is 4.79 Å². The second-order valence-electron chi connectivity index (χ2n) is 4.65. The minimum absolute atomic E-state index is 0.179. The van der Waals surface area contributed by atoms with Gasteiger partial charge in [0.25, 0.3) is 0 Å². The third kappa shape index (κ3) is 4.43. The van der Waals surface area contributed by atoms with Crippen molar-refractivity contribution in [1.82, 2.24) is 0 Å². The molecule has 104 valence electrons. The predicted octanol–water partition coefficient (Wildman–Crippen LogP) is 3.70. The van der Waals surface area contributed by atoms with Crippen molar-refractivity contribution >= 4 is 5.97 Å². The van der Waals surface area contributed by atoms with Gasteiger partial charge in [0, 0.05) is 0 Å². The molecular formula is C16H22O3. The number of carbonyl (C=O) groups excluding carboxylic acids is 1. The van der Waals surface area contributed by atoms with Gasteiger partial charge in [-0.2, -0.15) is 0 Å². The molecular weight excluding hydrogens is 240 g/mol. The number of hydrogen-bond donors (Lipinski definition) is 1. The van der Waals surface area contributed by atoms with Gasteiger partial charge in [0.15, 0.2) is 0 Å². The first-order chi connectivity index (χ1) is 9.10. The van der Waals surface area contributed by atoms with E-state index in [9.17, 15) is 9.90 Å². The van der Waals surface area contributed by atoms with E-state index in [2.05, 4.69) is 13.5 Å². The van der Waals surface area contributed by atoms with Gasteiger partial charge in [0.1, 0.15) is 12.4 Å². The van der Waals surface area contributed by atoms with Gasteiger partial charge in [-0.05, 0) is 36.6 Å². The maximum absolute atomic E-state index is 12.1. The topological polar surface area (TPSA) is 46.5 Å². The van der Waals surface area contributed by atoms with Crippen LogP contribution in [-0.4, -0.2) is 17.7 Å². The van der Waals surface area contributed by atoms with Crippen LogP contribution in [-0.2, 0) is 9.53 Å². The molecule has 0 aliphatic rings. The molecule has 19 heavy (non-hydrogen) atoms. The van der Waals surface area contributed by atoms with E-state index in [1.807, 2.05) is 13.0 Å². The van der Waals surface area contributed by atoms with Crippen LogP contribution >= 0.6 is 0 Å². The zero-order valence-corrected chi connectivity index (χ0v) is 11.7. The van der Waals surface area contributed by atoms with E-state index in [1.54, 1.807) is 18.2 Å². The lowest BCUT2D eigenvalue weighted by atomic mass is 9.90. The van der Waals surface area contributed by atoms with Crippen molar-refractivity contribution in [3.63, 3.8) is 0 Å². The Morgan fingerprint density at radius 3 is 2.89 bits per heavy atom. The smallest absolute Gasteiger partial charge is 0.313 e. The first kappa shape index (κ1) is 15.3. The summed E-state index contributed by atoms with van der Waals surface area (Å²) in [6.45, 7) is 7.79. The first-order valence-electron chi connectivity index (χ1n) is 6.67. The highest BCUT2D eigenvalue weighted by Crippen LogP contribution is 2.29. The number of phenolic OH excluding ortho intramolecular Hbond substituents is 1. The number of unbranched alkanes of at least 4 members (excludes halogenated alkanes) is 1. The molecule has 0 aliphatic heterocycles. The summed E-state index contributed by atoms with van der Waals surface area (Å²) >= 11 is 0. The molecule has 0 saturated carbocycles. The Morgan fingerprint density at radius 1 is 1.53 bits per heavy atom. The van der Waals surface area contributed by atoms with E-state index in [1.165, 1.54) is 0 Å². The summed E-state index contributed by atoms with van der Waals surface area (Å²) in [5, 5.41) is 9.60. The molecule has 1 N–H and O–H groups in total. The minimum atomic E-state index is -0.313. The second-order valence-corrected chi connectivity index (χ2v) is 4.65. The average molecular weight is 262 g/mol. The molecule has 1 aromatic rings. The molecule has 1 unspecified atom stereocenters. The Morgan fingerprint density at radius 2 is 2.26 bits per heavy atom. The van der Waals surface area contributed by atoms with E-state index in [0.717, 1.165) is 30.4 Å². The number of ether oxygens (including phenoxy) is 1. The number of hydrogen-bond acceptors (Lipinski definition) is 3. The summed E-state index contributed by atoms with van der Waals surface area (Å²) in [7, 11) is 0. The fourth-order valence-electron chi connectivity index (χ4n) is 2.05. The average Bonchev–Trinajstić information content (AvgIpc) is 2.40. The molecule has 0 radical (unpaired) electrons. The zero-order chi connectivity index (χ0) is 14.3. The number of aromatic hydroxyl groups is 1. The van der Waals surface area contributed by atoms with Crippen LogP contribution in [0, 0.1) is 6.92 Å². The Balaban J connectivity index is 2.97. The fourth-order valence-corrected chi connectivity index (χ4v) is 2.05. The lowest BCUT2D eigenvalue weighted by molar-refractivity contribution is -0.144. The van der Waals surface area contributed by atoms with Gasteiger partial charge >= 0.3 is 5.97 Å². The largest absolute Gasteiger partial charge is 0.508 e. The number of esters is 1. The number of phenols is 1. The third-order valence-electron chi connectivity index (χ3n) is 3.11. The molecule has 1 aromatic carbocycles. The number of rotatable bonds is 7. The van der Waals surface area contributed by atoms with E-state index in [0.29, 0.717) is 0 Å². The van der Waals surface area contributed by atoms with Crippen molar-refractivity contribution < 1.29 is 14.6 Å². The van der Waals surface area contributed by atoms with Crippen molar-refractivity contribution in [1.29, 1.82) is 0 Å². The molecule has 0 heterocycles. The molecule has 0 bridgehead atoms. The Bertz CT molecular complexity index is 438. The molecule has 0 fully saturated rings. The summed E-state index contributed by atoms with van der Waals surface area (Å²) in [6.07, 6.45) is 4.26. The van der Waals surface area contributed by atoms with Crippen molar-refractivity contribution in [3.05, 3.63) is 42.0 Å². The highest BCUT2D eigenvalue weighted by Gasteiger charge is 2.23. The van der Waals surface area contributed by atoms with Crippen LogP contribution in [0.3, 0.4) is 0 Å². The van der Waals surface area contributed by atoms with E-state index < -0.39 is 0 Å². The van der Waals surface area contributed by atoms with Crippen molar-refractivity contribution in [2.45, 2.75) is 39.0 Å². The third-order valence-corrected chi connectivity index (χ3v) is 3.11. The minimum Gasteiger partial charge on any atom is -0.508 e. The van der Waals surface area contributed by atoms with Crippen molar-refractivity contribution in [3.8, 4) is 5.75 Å². The molecule has 3 nitrogen and oxygen atoms in total. The Kier molecular flexibility index (Phi) is 6.13. The SMILES string of the molecule is C=CCOC(=O)C(CCCC)c1cc(O)ccc1C. The molecule has 0 aromatic heterocycles. The molecule has 0 amide bonds. The predicted molar refractivity (Wildman–Crippen MR) is 76.3 cm³/mol. The number of carbonyl (C=O) groups is 1. The molecule has 1 rings (SSSR count). The Hall–Kier alpha value is -1.77. The van der Waals surface area contributed by atoms with Crippen LogP contribution in [0.1, 0.15) is 43.2 Å². The highest BCUT2D eigenvalue weighted by atomic mass is 16.5. The van der Waals surface area contributed by atoms with Crippen LogP contribution in [0.2, 0.25) is 0 Å². The summed E-state index contributed by atoms with van der Waals surface area (Å²) < 4.78 is 5.16. The van der Waals surface area contributed by atoms with Crippen molar-refractivity contribution in [2.75, 3.05) is 6.61 Å². The zero-order valence-electron chi connectivity index (χ0n) is 11.7. The second kappa shape index (κ2) is 7.62. The summed E-state index contributed by atoms with van der Waals surface area (Å²) in [5.74, 6) is -0.382. The molecule has 0 aliphatic carbocycles. The summed E-state index contributed by atoms with van der Waals surface area (Å²) in [6, 6.07) is 5.11. The highest BCUT2D eigenvalue weighted by molar-refractivity contribution is 5.79. The van der Waals surface area contributed by atoms with Gasteiger partial charge in [0.2, 0.25) is 0 Å². The van der Waals surface area contributed by atoms with E-state index >= 15 is 0 Å². The van der Waals surface area contributed by atoms with Crippen LogP contribution in [0.4, 0.5) is 0 Å². The fraction of sp³-hybridized carbons (Fsp3) is 0.438. The van der Waals surface area contributed by atoms with E-state index in [-0.39, 0.29) is 24.2 Å². The van der Waals surface area contributed by atoms with Crippen LogP contribution in [0.5, 0.6) is 5.75 Å². The van der Waals surface area contributed by atoms with Gasteiger partial charge in [-0.1, -0.05) is 38.5 Å². The molecule has 3 heteroatoms. The maximum Gasteiger partial charge on any atom is 0.313 e. The monoisotopic (exact) mass is 262 g/mol. The quantitative estimate of drug-likeness (QED) is 0.602. The van der Waals surface area contributed by atoms with Gasteiger partial charge in [-0.15, -0.1) is 0 Å². The normalized spacial score (nSPS) is 11.9. The van der Waals surface area contributed by atoms with Crippen molar-refractivity contribution in [2.24, 2.45) is 0 Å². The Labute approximate surface area is 114 Å². The summed E-state index contributed by atoms with van der Waals surface area (Å²) in [5.41, 5.74) is 1.84. The molecule has 0 spiro atoms. The molecule has 1 atom stereocenters. The maximum atomic E-state index is 12.1. The van der Waals surface area contributed by atoms with Gasteiger partial charge < -0.3 is 9.84 Å². The standard InChI is InChI=1S/C16H22O3/c1-4-6-7-14(16(18)19-10-5-2)15-11-13(17)9-8-12(15)3/h5,8-9,11,14,17H,2,4,6-7,10H2,1,3H3. The van der Waals surface area contributed by atoms with Crippen LogP contribution < -0.4 is 0 Å². The lowest BCUT2D eigenvalue weighted by Gasteiger charge is -2.18. The van der Waals surface area contributed by atoms with Crippen LogP contribution in [0.15, 0.2) is 30.9 Å². The lowest BCUT2D eigenvalue weighted by Crippen LogP contribution is -2.17. The summed E-state index contributed by atoms with van der Waals surface area (Å²) in [4.78, 5) is 12.1. The number of benzene rings is 1. The van der Waals surface area contributed by atoms with Crippen LogP contribution in [0.25, 0.3) is 0 Å². The van der Waals surface area contributed by atoms with E-state index in [4.69, 9.17) is 4.74 Å². The first-order valence-corrected chi connectivity index (χ1v) is 6.67. The van der Waals surface area contributed by atoms with Gasteiger partial charge in [-0.25, -0.2) is 0 Å². The van der Waals surface area contributed by atoms with Gasteiger partial charge in [0.05, 0.1) is 5.92 Å². The number of aryl methyl sites for hydroxylation is 1. The molecule has 0 saturated heterocycles.